The highest BCUT2D eigenvalue weighted by molar-refractivity contribution is 4.93. The number of likely N-dealkylation sites (N-methyl/N-ethyl adjacent to an activating group) is 1. The quantitative estimate of drug-likeness (QED) is 0.452. The zero-order valence-electron chi connectivity index (χ0n) is 6.58. The molecule has 58 valence electrons. The van der Waals surface area contributed by atoms with Crippen molar-refractivity contribution in [3.63, 3.8) is 0 Å². The van der Waals surface area contributed by atoms with Crippen molar-refractivity contribution >= 4 is 0 Å². The van der Waals surface area contributed by atoms with Crippen LogP contribution in [-0.2, 0) is 0 Å². The molecule has 2 unspecified atom stereocenters. The zero-order chi connectivity index (χ0) is 7.14. The molecule has 2 saturated heterocycles. The standard InChI is InChI=1S/C8H15N2/c1-9-5-7-3-4-8(6-9)10(7)2/h7-8H,1,3-6H2,2H3/q-1. The van der Waals surface area contributed by atoms with Gasteiger partial charge in [-0.1, -0.05) is 0 Å². The molecule has 10 heavy (non-hydrogen) atoms. The Kier molecular flexibility index (Phi) is 1.46. The lowest BCUT2D eigenvalue weighted by Gasteiger charge is -2.41. The fourth-order valence-electron chi connectivity index (χ4n) is 2.20. The van der Waals surface area contributed by atoms with Crippen LogP contribution in [0, 0.1) is 7.05 Å². The van der Waals surface area contributed by atoms with Gasteiger partial charge >= 0.3 is 0 Å². The average molecular weight is 139 g/mol. The second-order valence-electron chi connectivity index (χ2n) is 3.59. The van der Waals surface area contributed by atoms with E-state index >= 15 is 0 Å². The fourth-order valence-corrected chi connectivity index (χ4v) is 2.20. The van der Waals surface area contributed by atoms with E-state index in [1.165, 1.54) is 25.9 Å². The van der Waals surface area contributed by atoms with Gasteiger partial charge in [0.15, 0.2) is 0 Å². The molecule has 0 saturated carbocycles. The molecule has 2 fully saturated rings. The van der Waals surface area contributed by atoms with Gasteiger partial charge in [-0.15, -0.1) is 0 Å². The van der Waals surface area contributed by atoms with Gasteiger partial charge in [-0.25, -0.2) is 0 Å². The van der Waals surface area contributed by atoms with Crippen molar-refractivity contribution in [1.82, 2.24) is 9.80 Å². The van der Waals surface area contributed by atoms with E-state index in [2.05, 4.69) is 23.9 Å². The summed E-state index contributed by atoms with van der Waals surface area (Å²) in [6.45, 7) is 2.35. The predicted octanol–water partition coefficient (Wildman–Crippen LogP) is 0.556. The molecule has 0 N–H and O–H groups in total. The first-order valence-corrected chi connectivity index (χ1v) is 4.05. The van der Waals surface area contributed by atoms with Crippen molar-refractivity contribution in [1.29, 1.82) is 0 Å². The zero-order valence-corrected chi connectivity index (χ0v) is 6.58. The number of hydrogen-bond donors (Lipinski definition) is 0. The van der Waals surface area contributed by atoms with Gasteiger partial charge in [0.2, 0.25) is 0 Å². The topological polar surface area (TPSA) is 6.48 Å². The summed E-state index contributed by atoms with van der Waals surface area (Å²) in [7, 11) is 6.22. The van der Waals surface area contributed by atoms with Gasteiger partial charge in [0.1, 0.15) is 0 Å². The molecule has 2 atom stereocenters. The Balaban J connectivity index is 2.09. The van der Waals surface area contributed by atoms with E-state index < -0.39 is 0 Å². The molecule has 2 bridgehead atoms. The maximum Gasteiger partial charge on any atom is 0.0200 e. The van der Waals surface area contributed by atoms with Crippen LogP contribution in [0.25, 0.3) is 0 Å². The Morgan fingerprint density at radius 3 is 2.20 bits per heavy atom. The van der Waals surface area contributed by atoms with Gasteiger partial charge in [0, 0.05) is 12.1 Å². The van der Waals surface area contributed by atoms with Crippen LogP contribution in [0.3, 0.4) is 0 Å². The number of likely N-dealkylation sites (tertiary alicyclic amines) is 1. The van der Waals surface area contributed by atoms with Gasteiger partial charge < -0.3 is 4.90 Å². The van der Waals surface area contributed by atoms with Crippen LogP contribution in [0.2, 0.25) is 0 Å². The molecular weight excluding hydrogens is 124 g/mol. The molecule has 2 heteroatoms. The molecule has 0 aliphatic carbocycles. The van der Waals surface area contributed by atoms with Crippen molar-refractivity contribution in [2.45, 2.75) is 24.9 Å². The van der Waals surface area contributed by atoms with Gasteiger partial charge in [-0.2, -0.15) is 0 Å². The number of rotatable bonds is 0. The summed E-state index contributed by atoms with van der Waals surface area (Å²) in [5.74, 6) is 0. The van der Waals surface area contributed by atoms with Crippen molar-refractivity contribution in [3.8, 4) is 0 Å². The first-order valence-electron chi connectivity index (χ1n) is 4.05. The van der Waals surface area contributed by atoms with E-state index in [0.29, 0.717) is 0 Å². The molecule has 0 amide bonds. The molecule has 2 aliphatic rings. The summed E-state index contributed by atoms with van der Waals surface area (Å²) in [4.78, 5) is 4.73. The maximum absolute atomic E-state index is 3.98. The van der Waals surface area contributed by atoms with Crippen LogP contribution >= 0.6 is 0 Å². The minimum Gasteiger partial charge on any atom is -0.457 e. The van der Waals surface area contributed by atoms with Crippen LogP contribution in [0.1, 0.15) is 12.8 Å². The van der Waals surface area contributed by atoms with Crippen molar-refractivity contribution in [2.24, 2.45) is 0 Å². The van der Waals surface area contributed by atoms with Crippen LogP contribution in [0.15, 0.2) is 0 Å². The predicted molar refractivity (Wildman–Crippen MR) is 41.5 cm³/mol. The molecule has 2 rings (SSSR count). The lowest BCUT2D eigenvalue weighted by molar-refractivity contribution is 0.119. The lowest BCUT2D eigenvalue weighted by Crippen LogP contribution is -2.49. The molecule has 2 aliphatic heterocycles. The summed E-state index contributed by atoms with van der Waals surface area (Å²) in [5, 5.41) is 0. The first kappa shape index (κ1) is 6.62. The Labute approximate surface area is 62.8 Å². The highest BCUT2D eigenvalue weighted by Gasteiger charge is 2.33. The Bertz CT molecular complexity index is 121. The summed E-state index contributed by atoms with van der Waals surface area (Å²) < 4.78 is 0. The third-order valence-corrected chi connectivity index (χ3v) is 2.92. The molecule has 0 radical (unpaired) electrons. The molecular formula is C8H15N2-. The first-order chi connectivity index (χ1) is 4.77. The van der Waals surface area contributed by atoms with E-state index in [9.17, 15) is 0 Å². The molecule has 2 heterocycles. The summed E-state index contributed by atoms with van der Waals surface area (Å²) in [5.41, 5.74) is 0. The normalized spacial score (nSPS) is 42.6. The van der Waals surface area contributed by atoms with Crippen LogP contribution in [-0.4, -0.2) is 42.0 Å². The Hall–Kier alpha value is -0.0800. The van der Waals surface area contributed by atoms with Gasteiger partial charge in [0.05, 0.1) is 0 Å². The second-order valence-corrected chi connectivity index (χ2v) is 3.59. The minimum absolute atomic E-state index is 0.802. The molecule has 0 aromatic carbocycles. The summed E-state index contributed by atoms with van der Waals surface area (Å²) >= 11 is 0. The summed E-state index contributed by atoms with van der Waals surface area (Å²) in [6, 6.07) is 1.60. The largest absolute Gasteiger partial charge is 0.457 e. The average Bonchev–Trinajstić information content (AvgIpc) is 2.20. The molecule has 0 aromatic heterocycles. The third-order valence-electron chi connectivity index (χ3n) is 2.92. The van der Waals surface area contributed by atoms with Crippen molar-refractivity contribution in [2.75, 3.05) is 20.1 Å². The number of nitrogens with zero attached hydrogens (tertiary/aromatic N) is 2. The Morgan fingerprint density at radius 2 is 1.70 bits per heavy atom. The van der Waals surface area contributed by atoms with Crippen molar-refractivity contribution in [3.05, 3.63) is 7.05 Å². The smallest absolute Gasteiger partial charge is 0.0200 e. The fraction of sp³-hybridized carbons (Fsp3) is 0.875. The maximum atomic E-state index is 3.98. The van der Waals surface area contributed by atoms with E-state index in [4.69, 9.17) is 0 Å². The minimum atomic E-state index is 0.802. The van der Waals surface area contributed by atoms with E-state index in [1.54, 1.807) is 0 Å². The number of piperazine rings is 1. The van der Waals surface area contributed by atoms with Gasteiger partial charge in [-0.3, -0.25) is 11.9 Å². The monoisotopic (exact) mass is 139 g/mol. The third kappa shape index (κ3) is 0.867. The molecule has 0 spiro atoms. The van der Waals surface area contributed by atoms with E-state index in [-0.39, 0.29) is 0 Å². The highest BCUT2D eigenvalue weighted by atomic mass is 15.3. The number of hydrogen-bond acceptors (Lipinski definition) is 2. The second kappa shape index (κ2) is 2.21. The van der Waals surface area contributed by atoms with Gasteiger partial charge in [-0.05, 0) is 33.0 Å². The van der Waals surface area contributed by atoms with E-state index in [0.717, 1.165) is 12.1 Å². The highest BCUT2D eigenvalue weighted by Crippen LogP contribution is 2.27. The summed E-state index contributed by atoms with van der Waals surface area (Å²) in [6.07, 6.45) is 2.76. The van der Waals surface area contributed by atoms with Gasteiger partial charge in [0.25, 0.3) is 0 Å². The number of fused-ring (bicyclic) bond motifs is 2. The van der Waals surface area contributed by atoms with Crippen LogP contribution in [0.5, 0.6) is 0 Å². The van der Waals surface area contributed by atoms with Crippen LogP contribution < -0.4 is 0 Å². The molecule has 0 aromatic rings. The van der Waals surface area contributed by atoms with Crippen molar-refractivity contribution < 1.29 is 0 Å². The molecule has 2 nitrogen and oxygen atoms in total. The SMILES string of the molecule is [CH2-]N1CC2CCC(C1)N2C. The lowest BCUT2D eigenvalue weighted by atomic mass is 10.2. The van der Waals surface area contributed by atoms with Crippen LogP contribution in [0.4, 0.5) is 0 Å². The Morgan fingerprint density at radius 1 is 1.20 bits per heavy atom. The van der Waals surface area contributed by atoms with E-state index in [1.807, 2.05) is 0 Å².